The third-order valence-corrected chi connectivity index (χ3v) is 3.73. The smallest absolute Gasteiger partial charge is 0.224 e. The first-order valence-electron chi connectivity index (χ1n) is 8.54. The van der Waals surface area contributed by atoms with Gasteiger partial charge in [-0.2, -0.15) is 0 Å². The molecule has 0 aliphatic carbocycles. The van der Waals surface area contributed by atoms with E-state index in [1.165, 1.54) is 5.56 Å². The lowest BCUT2D eigenvalue weighted by Crippen LogP contribution is -2.24. The second-order valence-corrected chi connectivity index (χ2v) is 5.95. The SMILES string of the molecule is C\C=C/C=C\C=C\c1ccc(CC(=O)NCc2cccc(C)c2)cc1. The number of aryl methyl sites for hydroxylation is 1. The molecule has 1 N–H and O–H groups in total. The maximum Gasteiger partial charge on any atom is 0.224 e. The zero-order chi connectivity index (χ0) is 17.9. The predicted octanol–water partition coefficient (Wildman–Crippen LogP) is 5.00. The number of rotatable bonds is 7. The molecule has 1 amide bonds. The molecule has 0 aliphatic rings. The van der Waals surface area contributed by atoms with Gasteiger partial charge in [0, 0.05) is 6.54 Å². The van der Waals surface area contributed by atoms with Crippen LogP contribution in [0.15, 0.2) is 78.9 Å². The molecular weight excluding hydrogens is 306 g/mol. The standard InChI is InChI=1S/C23H25NO/c1-3-4-5-6-7-10-20-12-14-21(15-13-20)17-23(25)24-18-22-11-8-9-19(2)16-22/h3-16H,17-18H2,1-2H3,(H,24,25)/b4-3-,6-5-,10-7+. The Morgan fingerprint density at radius 3 is 2.44 bits per heavy atom. The molecule has 0 unspecified atom stereocenters. The van der Waals surface area contributed by atoms with Gasteiger partial charge in [-0.3, -0.25) is 4.79 Å². The van der Waals surface area contributed by atoms with Crippen molar-refractivity contribution in [3.63, 3.8) is 0 Å². The third-order valence-electron chi connectivity index (χ3n) is 3.73. The molecule has 0 radical (unpaired) electrons. The summed E-state index contributed by atoms with van der Waals surface area (Å²) in [6.07, 6.45) is 12.4. The van der Waals surface area contributed by atoms with Crippen LogP contribution in [0.1, 0.15) is 29.2 Å². The van der Waals surface area contributed by atoms with Crippen LogP contribution in [0.4, 0.5) is 0 Å². The van der Waals surface area contributed by atoms with Crippen LogP contribution in [-0.2, 0) is 17.8 Å². The highest BCUT2D eigenvalue weighted by molar-refractivity contribution is 5.78. The Morgan fingerprint density at radius 1 is 0.960 bits per heavy atom. The number of hydrogen-bond donors (Lipinski definition) is 1. The summed E-state index contributed by atoms with van der Waals surface area (Å²) in [6.45, 7) is 4.61. The zero-order valence-corrected chi connectivity index (χ0v) is 14.9. The minimum atomic E-state index is 0.0408. The first-order chi connectivity index (χ1) is 12.2. The van der Waals surface area contributed by atoms with E-state index in [4.69, 9.17) is 0 Å². The van der Waals surface area contributed by atoms with E-state index in [2.05, 4.69) is 24.4 Å². The van der Waals surface area contributed by atoms with Crippen LogP contribution in [-0.4, -0.2) is 5.91 Å². The van der Waals surface area contributed by atoms with Gasteiger partial charge in [0.1, 0.15) is 0 Å². The Balaban J connectivity index is 1.82. The lowest BCUT2D eigenvalue weighted by molar-refractivity contribution is -0.120. The van der Waals surface area contributed by atoms with Gasteiger partial charge in [-0.25, -0.2) is 0 Å². The molecule has 0 aliphatic heterocycles. The molecule has 0 aromatic heterocycles. The van der Waals surface area contributed by atoms with E-state index < -0.39 is 0 Å². The number of carbonyl (C=O) groups is 1. The molecule has 0 saturated heterocycles. The summed E-state index contributed by atoms with van der Waals surface area (Å²) < 4.78 is 0. The molecule has 0 bridgehead atoms. The molecule has 0 atom stereocenters. The largest absolute Gasteiger partial charge is 0.352 e. The van der Waals surface area contributed by atoms with Crippen molar-refractivity contribution in [2.24, 2.45) is 0 Å². The average molecular weight is 331 g/mol. The van der Waals surface area contributed by atoms with E-state index in [1.54, 1.807) is 0 Å². The predicted molar refractivity (Wildman–Crippen MR) is 106 cm³/mol. The molecule has 2 rings (SSSR count). The molecule has 2 nitrogen and oxygen atoms in total. The lowest BCUT2D eigenvalue weighted by Gasteiger charge is -2.06. The van der Waals surface area contributed by atoms with E-state index in [9.17, 15) is 4.79 Å². The minimum absolute atomic E-state index is 0.0408. The Bertz CT molecular complexity index is 767. The van der Waals surface area contributed by atoms with Gasteiger partial charge in [0.05, 0.1) is 6.42 Å². The summed E-state index contributed by atoms with van der Waals surface area (Å²) in [5.41, 5.74) is 4.47. The van der Waals surface area contributed by atoms with E-state index in [0.717, 1.165) is 16.7 Å². The van der Waals surface area contributed by atoms with Crippen LogP contribution in [0.3, 0.4) is 0 Å². The van der Waals surface area contributed by atoms with Gasteiger partial charge in [0.25, 0.3) is 0 Å². The van der Waals surface area contributed by atoms with Gasteiger partial charge < -0.3 is 5.32 Å². The van der Waals surface area contributed by atoms with Gasteiger partial charge in [-0.15, -0.1) is 0 Å². The number of hydrogen-bond acceptors (Lipinski definition) is 1. The fraction of sp³-hybridized carbons (Fsp3) is 0.174. The molecule has 2 heteroatoms. The lowest BCUT2D eigenvalue weighted by atomic mass is 10.1. The molecule has 25 heavy (non-hydrogen) atoms. The quantitative estimate of drug-likeness (QED) is 0.711. The average Bonchev–Trinajstić information content (AvgIpc) is 2.61. The Labute approximate surface area is 150 Å². The van der Waals surface area contributed by atoms with E-state index in [1.807, 2.05) is 79.8 Å². The molecular formula is C23H25NO. The van der Waals surface area contributed by atoms with Gasteiger partial charge in [-0.05, 0) is 30.5 Å². The summed E-state index contributed by atoms with van der Waals surface area (Å²) >= 11 is 0. The summed E-state index contributed by atoms with van der Waals surface area (Å²) in [4.78, 5) is 12.1. The van der Waals surface area contributed by atoms with Crippen LogP contribution in [0, 0.1) is 6.92 Å². The van der Waals surface area contributed by atoms with Gasteiger partial charge in [-0.1, -0.05) is 90.6 Å². The fourth-order valence-corrected chi connectivity index (χ4v) is 2.42. The number of carbonyl (C=O) groups excluding carboxylic acids is 1. The van der Waals surface area contributed by atoms with Crippen LogP contribution in [0.25, 0.3) is 6.08 Å². The second-order valence-electron chi connectivity index (χ2n) is 5.95. The number of allylic oxidation sites excluding steroid dienone is 5. The molecule has 128 valence electrons. The minimum Gasteiger partial charge on any atom is -0.352 e. The molecule has 0 fully saturated rings. The number of nitrogens with one attached hydrogen (secondary N) is 1. The maximum absolute atomic E-state index is 12.1. The van der Waals surface area contributed by atoms with E-state index in [-0.39, 0.29) is 5.91 Å². The Hall–Kier alpha value is -2.87. The third kappa shape index (κ3) is 7.05. The summed E-state index contributed by atoms with van der Waals surface area (Å²) in [5.74, 6) is 0.0408. The molecule has 0 heterocycles. The highest BCUT2D eigenvalue weighted by Gasteiger charge is 2.03. The monoisotopic (exact) mass is 331 g/mol. The van der Waals surface area contributed by atoms with Crippen molar-refractivity contribution in [3.8, 4) is 0 Å². The van der Waals surface area contributed by atoms with Crippen LogP contribution in [0.5, 0.6) is 0 Å². The zero-order valence-electron chi connectivity index (χ0n) is 14.9. The van der Waals surface area contributed by atoms with Gasteiger partial charge in [0.2, 0.25) is 5.91 Å². The van der Waals surface area contributed by atoms with E-state index in [0.29, 0.717) is 13.0 Å². The molecule has 2 aromatic rings. The van der Waals surface area contributed by atoms with E-state index >= 15 is 0 Å². The van der Waals surface area contributed by atoms with Gasteiger partial charge >= 0.3 is 0 Å². The van der Waals surface area contributed by atoms with Crippen molar-refractivity contribution in [2.45, 2.75) is 26.8 Å². The highest BCUT2D eigenvalue weighted by atomic mass is 16.1. The van der Waals surface area contributed by atoms with Crippen molar-refractivity contribution in [1.29, 1.82) is 0 Å². The molecule has 0 saturated carbocycles. The molecule has 2 aromatic carbocycles. The van der Waals surface area contributed by atoms with Crippen molar-refractivity contribution in [1.82, 2.24) is 5.32 Å². The van der Waals surface area contributed by atoms with Crippen molar-refractivity contribution < 1.29 is 4.79 Å². The van der Waals surface area contributed by atoms with Crippen molar-refractivity contribution in [3.05, 3.63) is 101 Å². The summed E-state index contributed by atoms with van der Waals surface area (Å²) in [5, 5.41) is 2.97. The van der Waals surface area contributed by atoms with Crippen LogP contribution in [0.2, 0.25) is 0 Å². The van der Waals surface area contributed by atoms with Crippen LogP contribution >= 0.6 is 0 Å². The summed E-state index contributed by atoms with van der Waals surface area (Å²) in [7, 11) is 0. The maximum atomic E-state index is 12.1. The Morgan fingerprint density at radius 2 is 1.72 bits per heavy atom. The normalized spacial score (nSPS) is 11.6. The number of amides is 1. The Kier molecular flexibility index (Phi) is 7.45. The highest BCUT2D eigenvalue weighted by Crippen LogP contribution is 2.08. The fourth-order valence-electron chi connectivity index (χ4n) is 2.42. The number of benzene rings is 2. The topological polar surface area (TPSA) is 29.1 Å². The first kappa shape index (κ1) is 18.5. The first-order valence-corrected chi connectivity index (χ1v) is 8.54. The second kappa shape index (κ2) is 10.1. The molecule has 0 spiro atoms. The van der Waals surface area contributed by atoms with Crippen molar-refractivity contribution in [2.75, 3.05) is 0 Å². The van der Waals surface area contributed by atoms with Gasteiger partial charge in [0.15, 0.2) is 0 Å². The van der Waals surface area contributed by atoms with Crippen molar-refractivity contribution >= 4 is 12.0 Å². The van der Waals surface area contributed by atoms with Crippen LogP contribution < -0.4 is 5.32 Å². The summed E-state index contributed by atoms with van der Waals surface area (Å²) in [6, 6.07) is 16.2.